The Balaban J connectivity index is 2.13. The largest absolute Gasteiger partial charge is 0.497 e. The van der Waals surface area contributed by atoms with Crippen LogP contribution in [0.2, 0.25) is 0 Å². The highest BCUT2D eigenvalue weighted by molar-refractivity contribution is 7.98. The number of hydrogen-bond acceptors (Lipinski definition) is 6. The number of nitrogens with two attached hydrogens (primary N) is 1. The van der Waals surface area contributed by atoms with Gasteiger partial charge >= 0.3 is 0 Å². The van der Waals surface area contributed by atoms with Crippen molar-refractivity contribution in [3.8, 4) is 5.75 Å². The molecule has 0 aliphatic rings. The highest BCUT2D eigenvalue weighted by Gasteiger charge is 2.10. The fourth-order valence-corrected chi connectivity index (χ4v) is 2.68. The van der Waals surface area contributed by atoms with Crippen LogP contribution in [0.15, 0.2) is 47.4 Å². The SMILES string of the molecule is COc1ccc(SCc2cc([N+](=O)[O-])ccc2NN)cc1. The molecule has 0 unspecified atom stereocenters. The maximum atomic E-state index is 10.8. The Morgan fingerprint density at radius 1 is 1.29 bits per heavy atom. The van der Waals surface area contributed by atoms with Gasteiger partial charge in [-0.25, -0.2) is 0 Å². The molecule has 2 rings (SSSR count). The Kier molecular flexibility index (Phi) is 5.02. The number of nitrogens with zero attached hydrogens (tertiary/aromatic N) is 1. The molecular formula is C14H15N3O3S. The molecule has 0 spiro atoms. The van der Waals surface area contributed by atoms with E-state index in [1.165, 1.54) is 12.1 Å². The van der Waals surface area contributed by atoms with E-state index in [-0.39, 0.29) is 5.69 Å². The minimum Gasteiger partial charge on any atom is -0.497 e. The summed E-state index contributed by atoms with van der Waals surface area (Å²) < 4.78 is 5.10. The molecule has 3 N–H and O–H groups in total. The Morgan fingerprint density at radius 2 is 2.00 bits per heavy atom. The normalized spacial score (nSPS) is 10.2. The van der Waals surface area contributed by atoms with Crippen LogP contribution in [0.5, 0.6) is 5.75 Å². The van der Waals surface area contributed by atoms with Crippen molar-refractivity contribution in [1.82, 2.24) is 0 Å². The topological polar surface area (TPSA) is 90.4 Å². The number of benzene rings is 2. The molecule has 110 valence electrons. The fraction of sp³-hybridized carbons (Fsp3) is 0.143. The third-order valence-corrected chi connectivity index (χ3v) is 3.97. The van der Waals surface area contributed by atoms with E-state index in [1.54, 1.807) is 24.9 Å². The lowest BCUT2D eigenvalue weighted by atomic mass is 10.2. The molecule has 0 heterocycles. The molecule has 0 saturated carbocycles. The van der Waals surface area contributed by atoms with Gasteiger partial charge in [-0.2, -0.15) is 0 Å². The summed E-state index contributed by atoms with van der Waals surface area (Å²) in [6.07, 6.45) is 0. The molecule has 7 heteroatoms. The van der Waals surface area contributed by atoms with Crippen molar-refractivity contribution in [3.05, 3.63) is 58.1 Å². The number of nitrogens with one attached hydrogen (secondary N) is 1. The number of nitro groups is 1. The number of hydrazine groups is 1. The standard InChI is InChI=1S/C14H15N3O3S/c1-20-12-3-5-13(6-4-12)21-9-10-8-11(17(18)19)2-7-14(10)16-15/h2-8,16H,9,15H2,1H3. The molecule has 0 atom stereocenters. The summed E-state index contributed by atoms with van der Waals surface area (Å²) in [5, 5.41) is 10.8. The van der Waals surface area contributed by atoms with Crippen LogP contribution in [-0.4, -0.2) is 12.0 Å². The summed E-state index contributed by atoms with van der Waals surface area (Å²) in [5.74, 6) is 6.81. The maximum absolute atomic E-state index is 10.8. The van der Waals surface area contributed by atoms with E-state index in [2.05, 4.69) is 5.43 Å². The number of hydrogen-bond donors (Lipinski definition) is 2. The summed E-state index contributed by atoms with van der Waals surface area (Å²) in [6, 6.07) is 12.2. The second-order valence-corrected chi connectivity index (χ2v) is 5.26. The Morgan fingerprint density at radius 3 is 2.57 bits per heavy atom. The first-order valence-electron chi connectivity index (χ1n) is 6.15. The van der Waals surface area contributed by atoms with Gasteiger partial charge in [0.05, 0.1) is 17.7 Å². The number of thioether (sulfide) groups is 1. The molecule has 21 heavy (non-hydrogen) atoms. The monoisotopic (exact) mass is 305 g/mol. The van der Waals surface area contributed by atoms with Crippen molar-refractivity contribution < 1.29 is 9.66 Å². The van der Waals surface area contributed by atoms with Gasteiger partial charge in [0.25, 0.3) is 5.69 Å². The minimum absolute atomic E-state index is 0.0549. The number of non-ortho nitro benzene ring substituents is 1. The predicted octanol–water partition coefficient (Wildman–Crippen LogP) is 3.18. The fourth-order valence-electron chi connectivity index (χ4n) is 1.79. The van der Waals surface area contributed by atoms with Crippen molar-refractivity contribution in [2.45, 2.75) is 10.6 Å². The van der Waals surface area contributed by atoms with Gasteiger partial charge in [-0.3, -0.25) is 16.0 Å². The second kappa shape index (κ2) is 6.96. The average molecular weight is 305 g/mol. The molecule has 0 saturated heterocycles. The lowest BCUT2D eigenvalue weighted by molar-refractivity contribution is -0.384. The molecule has 0 bridgehead atoms. The van der Waals surface area contributed by atoms with E-state index < -0.39 is 4.92 Å². The van der Waals surface area contributed by atoms with Crippen LogP contribution in [0.1, 0.15) is 5.56 Å². The number of ether oxygens (including phenoxy) is 1. The molecule has 0 aliphatic carbocycles. The predicted molar refractivity (Wildman–Crippen MR) is 83.5 cm³/mol. The lowest BCUT2D eigenvalue weighted by Gasteiger charge is -2.09. The van der Waals surface area contributed by atoms with Crippen LogP contribution in [0.25, 0.3) is 0 Å². The number of nitro benzene ring substituents is 1. The van der Waals surface area contributed by atoms with Crippen LogP contribution in [0.3, 0.4) is 0 Å². The molecule has 2 aromatic rings. The quantitative estimate of drug-likeness (QED) is 0.369. The maximum Gasteiger partial charge on any atom is 0.269 e. The van der Waals surface area contributed by atoms with Gasteiger partial charge in [0.1, 0.15) is 5.75 Å². The number of nitrogen functional groups attached to an aromatic ring is 1. The van der Waals surface area contributed by atoms with Crippen molar-refractivity contribution in [2.24, 2.45) is 5.84 Å². The van der Waals surface area contributed by atoms with Gasteiger partial charge in [0.2, 0.25) is 0 Å². The van der Waals surface area contributed by atoms with Gasteiger partial charge in [-0.1, -0.05) is 0 Å². The molecule has 0 aromatic heterocycles. The first-order chi connectivity index (χ1) is 10.1. The van der Waals surface area contributed by atoms with E-state index in [4.69, 9.17) is 10.6 Å². The lowest BCUT2D eigenvalue weighted by Crippen LogP contribution is -2.09. The molecular weight excluding hydrogens is 290 g/mol. The molecule has 0 radical (unpaired) electrons. The van der Waals surface area contributed by atoms with E-state index in [9.17, 15) is 10.1 Å². The molecule has 2 aromatic carbocycles. The summed E-state index contributed by atoms with van der Waals surface area (Å²) in [7, 11) is 1.62. The zero-order valence-electron chi connectivity index (χ0n) is 11.4. The van der Waals surface area contributed by atoms with Crippen molar-refractivity contribution in [1.29, 1.82) is 0 Å². The molecule has 0 amide bonds. The zero-order chi connectivity index (χ0) is 15.2. The third kappa shape index (κ3) is 3.87. The van der Waals surface area contributed by atoms with E-state index in [0.717, 1.165) is 16.2 Å². The summed E-state index contributed by atoms with van der Waals surface area (Å²) in [5.41, 5.74) is 4.08. The minimum atomic E-state index is -0.415. The first kappa shape index (κ1) is 15.1. The van der Waals surface area contributed by atoms with Gasteiger partial charge < -0.3 is 10.2 Å². The van der Waals surface area contributed by atoms with Crippen LogP contribution in [0, 0.1) is 10.1 Å². The van der Waals surface area contributed by atoms with Crippen molar-refractivity contribution in [3.63, 3.8) is 0 Å². The Labute approximate surface area is 126 Å². The van der Waals surface area contributed by atoms with Gasteiger partial charge in [-0.15, -0.1) is 11.8 Å². The summed E-state index contributed by atoms with van der Waals surface area (Å²) in [6.45, 7) is 0. The Hall–Kier alpha value is -2.25. The second-order valence-electron chi connectivity index (χ2n) is 4.21. The van der Waals surface area contributed by atoms with Gasteiger partial charge in [0, 0.05) is 22.8 Å². The molecule has 0 fully saturated rings. The number of anilines is 1. The summed E-state index contributed by atoms with van der Waals surface area (Å²) in [4.78, 5) is 11.5. The smallest absolute Gasteiger partial charge is 0.269 e. The van der Waals surface area contributed by atoms with E-state index in [0.29, 0.717) is 11.4 Å². The summed E-state index contributed by atoms with van der Waals surface area (Å²) >= 11 is 1.57. The highest BCUT2D eigenvalue weighted by Crippen LogP contribution is 2.30. The van der Waals surface area contributed by atoms with Crippen molar-refractivity contribution in [2.75, 3.05) is 12.5 Å². The van der Waals surface area contributed by atoms with E-state index >= 15 is 0 Å². The zero-order valence-corrected chi connectivity index (χ0v) is 12.2. The van der Waals surface area contributed by atoms with Gasteiger partial charge in [0.15, 0.2) is 0 Å². The molecule has 0 aliphatic heterocycles. The van der Waals surface area contributed by atoms with Crippen molar-refractivity contribution >= 4 is 23.1 Å². The highest BCUT2D eigenvalue weighted by atomic mass is 32.2. The van der Waals surface area contributed by atoms with E-state index in [1.807, 2.05) is 24.3 Å². The van der Waals surface area contributed by atoms with Crippen LogP contribution < -0.4 is 16.0 Å². The first-order valence-corrected chi connectivity index (χ1v) is 7.13. The Bertz CT molecular complexity index is 632. The van der Waals surface area contributed by atoms with Crippen LogP contribution in [-0.2, 0) is 5.75 Å². The van der Waals surface area contributed by atoms with Crippen LogP contribution >= 0.6 is 11.8 Å². The van der Waals surface area contributed by atoms with Gasteiger partial charge in [-0.05, 0) is 35.9 Å². The van der Waals surface area contributed by atoms with Crippen LogP contribution in [0.4, 0.5) is 11.4 Å². The average Bonchev–Trinajstić information content (AvgIpc) is 2.53. The number of rotatable bonds is 6. The third-order valence-electron chi connectivity index (χ3n) is 2.91. The number of methoxy groups -OCH3 is 1. The molecule has 6 nitrogen and oxygen atoms in total.